The van der Waals surface area contributed by atoms with Gasteiger partial charge in [-0.05, 0) is 38.1 Å². The largest absolute Gasteiger partial charge is 0.381 e. The van der Waals surface area contributed by atoms with Gasteiger partial charge in [0.2, 0.25) is 0 Å². The molecule has 0 aliphatic carbocycles. The Morgan fingerprint density at radius 3 is 2.72 bits per heavy atom. The number of ether oxygens (including phenoxy) is 1. The average Bonchev–Trinajstić information content (AvgIpc) is 2.88. The Morgan fingerprint density at radius 1 is 1.11 bits per heavy atom. The van der Waals surface area contributed by atoms with Crippen molar-refractivity contribution in [3.63, 3.8) is 0 Å². The van der Waals surface area contributed by atoms with Gasteiger partial charge in [-0.25, -0.2) is 0 Å². The van der Waals surface area contributed by atoms with E-state index in [0.29, 0.717) is 6.04 Å². The van der Waals surface area contributed by atoms with Gasteiger partial charge >= 0.3 is 0 Å². The van der Waals surface area contributed by atoms with Crippen LogP contribution in [0.15, 0.2) is 0 Å². The third-order valence-corrected chi connectivity index (χ3v) is 5.14. The topological polar surface area (TPSA) is 41.7 Å². The second kappa shape index (κ2) is 5.87. The van der Waals surface area contributed by atoms with Crippen LogP contribution >= 0.6 is 0 Å². The average molecular weight is 253 g/mol. The fourth-order valence-corrected chi connectivity index (χ4v) is 4.06. The van der Waals surface area contributed by atoms with Gasteiger partial charge in [0.15, 0.2) is 0 Å². The van der Waals surface area contributed by atoms with Crippen LogP contribution in [-0.2, 0) is 4.74 Å². The van der Waals surface area contributed by atoms with Crippen LogP contribution in [0.5, 0.6) is 0 Å². The molecule has 2 atom stereocenters. The molecule has 0 saturated carbocycles. The number of rotatable bonds is 3. The zero-order chi connectivity index (χ0) is 12.4. The maximum Gasteiger partial charge on any atom is 0.0469 e. The minimum atomic E-state index is 0.594. The zero-order valence-corrected chi connectivity index (χ0v) is 11.4. The summed E-state index contributed by atoms with van der Waals surface area (Å²) in [4.78, 5) is 5.36. The van der Waals surface area contributed by atoms with Crippen LogP contribution in [-0.4, -0.2) is 67.8 Å². The lowest BCUT2D eigenvalue weighted by molar-refractivity contribution is 0.00406. The summed E-state index contributed by atoms with van der Waals surface area (Å²) in [6.07, 6.45) is 5.18. The molecule has 3 saturated heterocycles. The van der Waals surface area contributed by atoms with Gasteiger partial charge in [-0.2, -0.15) is 0 Å². The second-order valence-corrected chi connectivity index (χ2v) is 6.08. The quantitative estimate of drug-likeness (QED) is 0.796. The van der Waals surface area contributed by atoms with Crippen LogP contribution in [0.4, 0.5) is 0 Å². The van der Waals surface area contributed by atoms with Gasteiger partial charge < -0.3 is 10.5 Å². The highest BCUT2D eigenvalue weighted by Crippen LogP contribution is 2.27. The van der Waals surface area contributed by atoms with Gasteiger partial charge in [-0.3, -0.25) is 9.80 Å². The van der Waals surface area contributed by atoms with Gasteiger partial charge in [0, 0.05) is 51.5 Å². The van der Waals surface area contributed by atoms with Gasteiger partial charge in [-0.1, -0.05) is 0 Å². The van der Waals surface area contributed by atoms with E-state index in [0.717, 1.165) is 31.7 Å². The molecule has 0 amide bonds. The first-order chi connectivity index (χ1) is 8.88. The van der Waals surface area contributed by atoms with Crippen molar-refractivity contribution in [2.24, 2.45) is 11.7 Å². The van der Waals surface area contributed by atoms with Crippen molar-refractivity contribution in [3.05, 3.63) is 0 Å². The summed E-state index contributed by atoms with van der Waals surface area (Å²) >= 11 is 0. The first-order valence-electron chi connectivity index (χ1n) is 7.64. The molecule has 3 fully saturated rings. The monoisotopic (exact) mass is 253 g/mol. The maximum atomic E-state index is 6.08. The molecule has 0 spiro atoms. The van der Waals surface area contributed by atoms with Crippen LogP contribution in [0.2, 0.25) is 0 Å². The Labute approximate surface area is 110 Å². The van der Waals surface area contributed by atoms with E-state index in [-0.39, 0.29) is 0 Å². The third kappa shape index (κ3) is 2.57. The van der Waals surface area contributed by atoms with Crippen LogP contribution in [0.1, 0.15) is 25.7 Å². The van der Waals surface area contributed by atoms with E-state index in [2.05, 4.69) is 9.80 Å². The third-order valence-electron chi connectivity index (χ3n) is 5.14. The summed E-state index contributed by atoms with van der Waals surface area (Å²) in [5.74, 6) is 0.761. The molecule has 0 aromatic heterocycles. The molecule has 18 heavy (non-hydrogen) atoms. The molecule has 0 aromatic carbocycles. The lowest BCUT2D eigenvalue weighted by Gasteiger charge is -2.44. The lowest BCUT2D eigenvalue weighted by atomic mass is 9.89. The van der Waals surface area contributed by atoms with Crippen LogP contribution in [0, 0.1) is 5.92 Å². The van der Waals surface area contributed by atoms with Crippen LogP contribution in [0.25, 0.3) is 0 Å². The van der Waals surface area contributed by atoms with Crippen molar-refractivity contribution in [2.45, 2.75) is 37.8 Å². The van der Waals surface area contributed by atoms with Gasteiger partial charge in [0.25, 0.3) is 0 Å². The second-order valence-electron chi connectivity index (χ2n) is 6.08. The minimum absolute atomic E-state index is 0.594. The smallest absolute Gasteiger partial charge is 0.0469 e. The van der Waals surface area contributed by atoms with Gasteiger partial charge in [-0.15, -0.1) is 0 Å². The summed E-state index contributed by atoms with van der Waals surface area (Å²) < 4.78 is 5.48. The van der Waals surface area contributed by atoms with Crippen LogP contribution in [0.3, 0.4) is 0 Å². The van der Waals surface area contributed by atoms with Crippen molar-refractivity contribution in [2.75, 3.05) is 45.9 Å². The summed E-state index contributed by atoms with van der Waals surface area (Å²) in [5.41, 5.74) is 6.08. The number of hydrogen-bond acceptors (Lipinski definition) is 4. The van der Waals surface area contributed by atoms with E-state index in [4.69, 9.17) is 10.5 Å². The minimum Gasteiger partial charge on any atom is -0.381 e. The highest BCUT2D eigenvalue weighted by Gasteiger charge is 2.35. The lowest BCUT2D eigenvalue weighted by Crippen LogP contribution is -2.57. The molecule has 2 unspecified atom stereocenters. The zero-order valence-electron chi connectivity index (χ0n) is 11.4. The first kappa shape index (κ1) is 12.9. The molecule has 104 valence electrons. The molecule has 3 aliphatic heterocycles. The molecule has 3 aliphatic rings. The molecule has 3 rings (SSSR count). The van der Waals surface area contributed by atoms with E-state index >= 15 is 0 Å². The SMILES string of the molecule is NCC(C1CCOCC1)N1CCN2CCCC2C1. The summed E-state index contributed by atoms with van der Waals surface area (Å²) in [6.45, 7) is 7.73. The molecule has 3 heterocycles. The van der Waals surface area contributed by atoms with Crippen molar-refractivity contribution >= 4 is 0 Å². The van der Waals surface area contributed by atoms with E-state index in [1.165, 1.54) is 51.9 Å². The highest BCUT2D eigenvalue weighted by molar-refractivity contribution is 4.91. The Bertz CT molecular complexity index is 268. The maximum absolute atomic E-state index is 6.08. The molecule has 4 heteroatoms. The summed E-state index contributed by atoms with van der Waals surface area (Å²) in [7, 11) is 0. The van der Waals surface area contributed by atoms with Crippen molar-refractivity contribution in [1.29, 1.82) is 0 Å². The number of nitrogens with two attached hydrogens (primary N) is 1. The predicted octanol–water partition coefficient (Wildman–Crippen LogP) is 0.520. The van der Waals surface area contributed by atoms with E-state index in [1.54, 1.807) is 0 Å². The van der Waals surface area contributed by atoms with Crippen LogP contribution < -0.4 is 5.73 Å². The number of piperazine rings is 1. The first-order valence-corrected chi connectivity index (χ1v) is 7.64. The Kier molecular flexibility index (Phi) is 4.19. The highest BCUT2D eigenvalue weighted by atomic mass is 16.5. The number of hydrogen-bond donors (Lipinski definition) is 1. The van der Waals surface area contributed by atoms with Crippen molar-refractivity contribution < 1.29 is 4.74 Å². The normalized spacial score (nSPS) is 33.5. The Hall–Kier alpha value is -0.160. The summed E-state index contributed by atoms with van der Waals surface area (Å²) in [6, 6.07) is 1.41. The predicted molar refractivity (Wildman–Crippen MR) is 72.6 cm³/mol. The molecular weight excluding hydrogens is 226 g/mol. The number of nitrogens with zero attached hydrogens (tertiary/aromatic N) is 2. The Morgan fingerprint density at radius 2 is 1.94 bits per heavy atom. The van der Waals surface area contributed by atoms with Crippen molar-refractivity contribution in [1.82, 2.24) is 9.80 Å². The standard InChI is InChI=1S/C14H27N3O/c15-10-14(12-3-8-18-9-4-12)17-7-6-16-5-1-2-13(16)11-17/h12-14H,1-11,15H2. The molecule has 0 radical (unpaired) electrons. The molecule has 0 aromatic rings. The van der Waals surface area contributed by atoms with E-state index in [1.807, 2.05) is 0 Å². The van der Waals surface area contributed by atoms with Crippen molar-refractivity contribution in [3.8, 4) is 0 Å². The van der Waals surface area contributed by atoms with Gasteiger partial charge in [0.1, 0.15) is 0 Å². The Balaban J connectivity index is 1.60. The fraction of sp³-hybridized carbons (Fsp3) is 1.00. The fourth-order valence-electron chi connectivity index (χ4n) is 4.06. The van der Waals surface area contributed by atoms with E-state index < -0.39 is 0 Å². The summed E-state index contributed by atoms with van der Waals surface area (Å²) in [5, 5.41) is 0. The molecular formula is C14H27N3O. The molecule has 0 bridgehead atoms. The van der Waals surface area contributed by atoms with Gasteiger partial charge in [0.05, 0.1) is 0 Å². The molecule has 2 N–H and O–H groups in total. The van der Waals surface area contributed by atoms with E-state index in [9.17, 15) is 0 Å². The number of fused-ring (bicyclic) bond motifs is 1. The molecule has 4 nitrogen and oxygen atoms in total.